The van der Waals surface area contributed by atoms with Crippen molar-refractivity contribution in [3.05, 3.63) is 65.7 Å². The molecule has 0 aromatic heterocycles. The molecule has 0 aliphatic carbocycles. The maximum atomic E-state index is 12.2. The van der Waals surface area contributed by atoms with Gasteiger partial charge in [-0.05, 0) is 29.8 Å². The van der Waals surface area contributed by atoms with E-state index in [4.69, 9.17) is 9.47 Å². The topological polar surface area (TPSA) is 35.5 Å². The molecule has 2 aromatic carbocycles. The van der Waals surface area contributed by atoms with Crippen molar-refractivity contribution >= 4 is 26.4 Å². The van der Waals surface area contributed by atoms with Crippen molar-refractivity contribution in [1.82, 2.24) is 0 Å². The summed E-state index contributed by atoms with van der Waals surface area (Å²) in [6.07, 6.45) is 3.40. The summed E-state index contributed by atoms with van der Waals surface area (Å²) in [5.74, 6) is 0.710. The molecule has 0 bridgehead atoms. The Balaban J connectivity index is 2.04. The van der Waals surface area contributed by atoms with Crippen LogP contribution in [0.1, 0.15) is 15.9 Å². The lowest BCUT2D eigenvalue weighted by Gasteiger charge is -2.09. The standard InChI is InChI=1S/C18H19O3P/c1-20-11-12-21-17-10-8-15(13-18(17)22)16(19)9-7-14-5-3-2-4-6-14/h2-10,13H,11-12,22H2,1H3/b9-7+. The monoisotopic (exact) mass is 314 g/mol. The highest BCUT2D eigenvalue weighted by Gasteiger charge is 2.06. The van der Waals surface area contributed by atoms with Crippen LogP contribution in [-0.4, -0.2) is 26.1 Å². The summed E-state index contributed by atoms with van der Waals surface area (Å²) in [5.41, 5.74) is 1.64. The molecular formula is C18H19O3P. The molecule has 114 valence electrons. The highest BCUT2D eigenvalue weighted by molar-refractivity contribution is 7.27. The molecule has 0 saturated carbocycles. The second-order valence-corrected chi connectivity index (χ2v) is 5.32. The average Bonchev–Trinajstić information content (AvgIpc) is 2.55. The number of methoxy groups -OCH3 is 1. The fraction of sp³-hybridized carbons (Fsp3) is 0.167. The predicted molar refractivity (Wildman–Crippen MR) is 93.0 cm³/mol. The normalized spacial score (nSPS) is 10.8. The lowest BCUT2D eigenvalue weighted by molar-refractivity contribution is 0.104. The van der Waals surface area contributed by atoms with Crippen LogP contribution in [0, 0.1) is 0 Å². The van der Waals surface area contributed by atoms with Crippen molar-refractivity contribution < 1.29 is 14.3 Å². The molecule has 22 heavy (non-hydrogen) atoms. The first-order valence-corrected chi connectivity index (χ1v) is 7.57. The molecule has 0 fully saturated rings. The van der Waals surface area contributed by atoms with Crippen molar-refractivity contribution in [2.24, 2.45) is 0 Å². The summed E-state index contributed by atoms with van der Waals surface area (Å²) in [4.78, 5) is 12.2. The number of rotatable bonds is 7. The maximum absolute atomic E-state index is 12.2. The van der Waals surface area contributed by atoms with Crippen LogP contribution in [0.5, 0.6) is 5.75 Å². The zero-order valence-corrected chi connectivity index (χ0v) is 13.6. The van der Waals surface area contributed by atoms with Gasteiger partial charge in [0.25, 0.3) is 0 Å². The van der Waals surface area contributed by atoms with Gasteiger partial charge in [-0.2, -0.15) is 0 Å². The zero-order valence-electron chi connectivity index (χ0n) is 12.5. The van der Waals surface area contributed by atoms with Crippen LogP contribution in [-0.2, 0) is 4.74 Å². The van der Waals surface area contributed by atoms with Crippen LogP contribution in [0.15, 0.2) is 54.6 Å². The zero-order chi connectivity index (χ0) is 15.8. The minimum atomic E-state index is -0.0315. The molecule has 0 amide bonds. The quantitative estimate of drug-likeness (QED) is 0.341. The van der Waals surface area contributed by atoms with Gasteiger partial charge in [-0.15, -0.1) is 9.24 Å². The Morgan fingerprint density at radius 1 is 1.14 bits per heavy atom. The van der Waals surface area contributed by atoms with Crippen LogP contribution in [0.2, 0.25) is 0 Å². The minimum Gasteiger partial charge on any atom is -0.491 e. The van der Waals surface area contributed by atoms with Gasteiger partial charge in [-0.25, -0.2) is 0 Å². The number of carbonyl (C=O) groups excluding carboxylic acids is 1. The Bertz CT molecular complexity index is 651. The number of hydrogen-bond acceptors (Lipinski definition) is 3. The Hall–Kier alpha value is -1.96. The van der Waals surface area contributed by atoms with E-state index in [1.807, 2.05) is 48.5 Å². The van der Waals surface area contributed by atoms with Crippen molar-refractivity contribution in [2.45, 2.75) is 0 Å². The van der Waals surface area contributed by atoms with Crippen molar-refractivity contribution in [2.75, 3.05) is 20.3 Å². The smallest absolute Gasteiger partial charge is 0.185 e. The molecule has 0 aliphatic heterocycles. The third kappa shape index (κ3) is 4.80. The predicted octanol–water partition coefficient (Wildman–Crippen LogP) is 3.11. The van der Waals surface area contributed by atoms with Gasteiger partial charge in [-0.1, -0.05) is 36.4 Å². The summed E-state index contributed by atoms with van der Waals surface area (Å²) in [6, 6.07) is 15.1. The van der Waals surface area contributed by atoms with E-state index in [2.05, 4.69) is 9.24 Å². The van der Waals surface area contributed by atoms with Crippen molar-refractivity contribution in [3.63, 3.8) is 0 Å². The van der Waals surface area contributed by atoms with Gasteiger partial charge in [-0.3, -0.25) is 4.79 Å². The first kappa shape index (κ1) is 16.4. The molecule has 0 N–H and O–H groups in total. The second kappa shape index (κ2) is 8.47. The molecule has 1 atom stereocenters. The second-order valence-electron chi connectivity index (χ2n) is 4.70. The molecule has 2 rings (SSSR count). The van der Waals surface area contributed by atoms with Gasteiger partial charge in [0.15, 0.2) is 5.78 Å². The highest BCUT2D eigenvalue weighted by atomic mass is 31.0. The number of ether oxygens (including phenoxy) is 2. The van der Waals surface area contributed by atoms with Gasteiger partial charge in [0, 0.05) is 18.0 Å². The molecule has 3 nitrogen and oxygen atoms in total. The first-order valence-electron chi connectivity index (χ1n) is 6.99. The van der Waals surface area contributed by atoms with E-state index in [0.29, 0.717) is 18.8 Å². The lowest BCUT2D eigenvalue weighted by atomic mass is 10.1. The number of carbonyl (C=O) groups is 1. The fourth-order valence-corrected chi connectivity index (χ4v) is 2.26. The minimum absolute atomic E-state index is 0.0315. The van der Waals surface area contributed by atoms with Crippen molar-refractivity contribution in [3.8, 4) is 5.75 Å². The molecule has 1 unspecified atom stereocenters. The lowest BCUT2D eigenvalue weighted by Crippen LogP contribution is -2.10. The van der Waals surface area contributed by atoms with E-state index in [0.717, 1.165) is 16.6 Å². The van der Waals surface area contributed by atoms with Crippen LogP contribution >= 0.6 is 9.24 Å². The van der Waals surface area contributed by atoms with Crippen LogP contribution in [0.25, 0.3) is 6.08 Å². The van der Waals surface area contributed by atoms with Crippen LogP contribution < -0.4 is 10.0 Å². The fourth-order valence-electron chi connectivity index (χ4n) is 1.90. The summed E-state index contributed by atoms with van der Waals surface area (Å²) >= 11 is 0. The maximum Gasteiger partial charge on any atom is 0.185 e. The van der Waals surface area contributed by atoms with Gasteiger partial charge in [0.1, 0.15) is 12.4 Å². The summed E-state index contributed by atoms with van der Waals surface area (Å²) in [7, 11) is 4.22. The van der Waals surface area contributed by atoms with E-state index in [9.17, 15) is 4.79 Å². The van der Waals surface area contributed by atoms with E-state index < -0.39 is 0 Å². The van der Waals surface area contributed by atoms with E-state index >= 15 is 0 Å². The van der Waals surface area contributed by atoms with Gasteiger partial charge >= 0.3 is 0 Å². The van der Waals surface area contributed by atoms with E-state index in [-0.39, 0.29) is 5.78 Å². The molecule has 4 heteroatoms. The van der Waals surface area contributed by atoms with Crippen molar-refractivity contribution in [1.29, 1.82) is 0 Å². The average molecular weight is 314 g/mol. The molecule has 0 radical (unpaired) electrons. The Kier molecular flexibility index (Phi) is 6.32. The molecule has 0 aliphatic rings. The molecule has 2 aromatic rings. The van der Waals surface area contributed by atoms with E-state index in [1.54, 1.807) is 19.3 Å². The van der Waals surface area contributed by atoms with Gasteiger partial charge in [0.2, 0.25) is 0 Å². The number of ketones is 1. The first-order chi connectivity index (χ1) is 10.7. The third-order valence-electron chi connectivity index (χ3n) is 3.07. The summed E-state index contributed by atoms with van der Waals surface area (Å²) in [5, 5.41) is 0.857. The van der Waals surface area contributed by atoms with Gasteiger partial charge in [0.05, 0.1) is 6.61 Å². The number of benzene rings is 2. The molecule has 0 heterocycles. The third-order valence-corrected chi connectivity index (χ3v) is 3.52. The number of hydrogen-bond donors (Lipinski definition) is 0. The Morgan fingerprint density at radius 2 is 1.91 bits per heavy atom. The summed E-state index contributed by atoms with van der Waals surface area (Å²) in [6.45, 7) is 1.02. The SMILES string of the molecule is COCCOc1ccc(C(=O)/C=C/c2ccccc2)cc1P. The molecular weight excluding hydrogens is 295 g/mol. The molecule has 0 spiro atoms. The van der Waals surface area contributed by atoms with Crippen LogP contribution in [0.3, 0.4) is 0 Å². The summed E-state index contributed by atoms with van der Waals surface area (Å²) < 4.78 is 10.5. The largest absolute Gasteiger partial charge is 0.491 e. The highest BCUT2D eigenvalue weighted by Crippen LogP contribution is 2.14. The van der Waals surface area contributed by atoms with E-state index in [1.165, 1.54) is 0 Å². The van der Waals surface area contributed by atoms with Crippen LogP contribution in [0.4, 0.5) is 0 Å². The number of allylic oxidation sites excluding steroid dienone is 1. The Labute approximate surface area is 133 Å². The Morgan fingerprint density at radius 3 is 2.59 bits per heavy atom. The van der Waals surface area contributed by atoms with Gasteiger partial charge < -0.3 is 9.47 Å². The molecule has 0 saturated heterocycles.